The second-order valence-corrected chi connectivity index (χ2v) is 14.0. The lowest BCUT2D eigenvalue weighted by Gasteiger charge is -2.18. The maximum absolute atomic E-state index is 5.38. The van der Waals surface area contributed by atoms with Gasteiger partial charge in [-0.25, -0.2) is 15.0 Å². The molecule has 0 fully saturated rings. The summed E-state index contributed by atoms with van der Waals surface area (Å²) in [6, 6.07) is 68.6. The van der Waals surface area contributed by atoms with Crippen molar-refractivity contribution in [1.29, 1.82) is 0 Å². The fraction of sp³-hybridized carbons (Fsp3) is 0. The number of benzene rings is 9. The number of nitrogens with zero attached hydrogens (tertiary/aromatic N) is 4. The Morgan fingerprint density at radius 3 is 1.29 bits per heavy atom. The van der Waals surface area contributed by atoms with Gasteiger partial charge < -0.3 is 4.57 Å². The molecule has 0 N–H and O–H groups in total. The summed E-state index contributed by atoms with van der Waals surface area (Å²) in [4.78, 5) is 15.9. The summed E-state index contributed by atoms with van der Waals surface area (Å²) in [7, 11) is 0. The molecule has 2 aromatic heterocycles. The Hall–Kier alpha value is -7.43. The van der Waals surface area contributed by atoms with Gasteiger partial charge in [-0.2, -0.15) is 0 Å². The van der Waals surface area contributed by atoms with E-state index in [9.17, 15) is 0 Å². The van der Waals surface area contributed by atoms with E-state index in [1.54, 1.807) is 0 Å². The van der Waals surface area contributed by atoms with Crippen molar-refractivity contribution in [2.75, 3.05) is 0 Å². The topological polar surface area (TPSA) is 43.6 Å². The summed E-state index contributed by atoms with van der Waals surface area (Å²) in [6.45, 7) is 0. The second-order valence-electron chi connectivity index (χ2n) is 14.0. The first-order valence-electron chi connectivity index (χ1n) is 18.6. The van der Waals surface area contributed by atoms with Gasteiger partial charge in [0.25, 0.3) is 0 Å². The summed E-state index contributed by atoms with van der Waals surface area (Å²) in [5.74, 6) is 1.87. The van der Waals surface area contributed by atoms with Gasteiger partial charge >= 0.3 is 0 Å². The van der Waals surface area contributed by atoms with Crippen molar-refractivity contribution in [2.24, 2.45) is 0 Å². The van der Waals surface area contributed by atoms with Gasteiger partial charge in [0.15, 0.2) is 17.5 Å². The minimum atomic E-state index is 0.616. The predicted molar refractivity (Wildman–Crippen MR) is 228 cm³/mol. The van der Waals surface area contributed by atoms with Gasteiger partial charge in [0.05, 0.1) is 16.7 Å². The van der Waals surface area contributed by atoms with Crippen molar-refractivity contribution in [3.8, 4) is 51.0 Å². The number of fused-ring (bicyclic) bond motifs is 9. The number of hydrogen-bond acceptors (Lipinski definition) is 3. The maximum atomic E-state index is 5.38. The Morgan fingerprint density at radius 2 is 0.691 bits per heavy atom. The first-order valence-corrected chi connectivity index (χ1v) is 18.6. The molecule has 4 nitrogen and oxygen atoms in total. The molecule has 11 rings (SSSR count). The molecule has 0 amide bonds. The molecule has 0 unspecified atom stereocenters. The highest BCUT2D eigenvalue weighted by Gasteiger charge is 2.22. The molecule has 0 atom stereocenters. The Labute approximate surface area is 317 Å². The minimum Gasteiger partial charge on any atom is -0.308 e. The van der Waals surface area contributed by atoms with Gasteiger partial charge in [-0.3, -0.25) is 0 Å². The Kier molecular flexibility index (Phi) is 7.14. The highest BCUT2D eigenvalue weighted by molar-refractivity contribution is 6.26. The van der Waals surface area contributed by atoms with Crippen molar-refractivity contribution < 1.29 is 0 Å². The molecule has 55 heavy (non-hydrogen) atoms. The third-order valence-corrected chi connectivity index (χ3v) is 10.8. The van der Waals surface area contributed by atoms with Crippen molar-refractivity contribution in [3.05, 3.63) is 194 Å². The molecule has 0 aliphatic rings. The van der Waals surface area contributed by atoms with E-state index in [1.165, 1.54) is 37.7 Å². The van der Waals surface area contributed by atoms with Crippen LogP contribution in [0.4, 0.5) is 0 Å². The molecular weight excluding hydrogens is 669 g/mol. The summed E-state index contributed by atoms with van der Waals surface area (Å²) in [5.41, 5.74) is 8.31. The fourth-order valence-electron chi connectivity index (χ4n) is 8.30. The number of hydrogen-bond donors (Lipinski definition) is 0. The number of para-hydroxylation sites is 2. The smallest absolute Gasteiger partial charge is 0.166 e. The third kappa shape index (κ3) is 5.11. The highest BCUT2D eigenvalue weighted by atomic mass is 15.1. The lowest BCUT2D eigenvalue weighted by atomic mass is 9.92. The van der Waals surface area contributed by atoms with Gasteiger partial charge in [-0.1, -0.05) is 164 Å². The first-order chi connectivity index (χ1) is 27.3. The average Bonchev–Trinajstić information content (AvgIpc) is 3.61. The Morgan fingerprint density at radius 1 is 0.273 bits per heavy atom. The Balaban J connectivity index is 1.27. The van der Waals surface area contributed by atoms with E-state index in [4.69, 9.17) is 15.0 Å². The van der Waals surface area contributed by atoms with Crippen LogP contribution in [0.15, 0.2) is 194 Å². The van der Waals surface area contributed by atoms with E-state index in [2.05, 4.69) is 174 Å². The third-order valence-electron chi connectivity index (χ3n) is 10.8. The highest BCUT2D eigenvalue weighted by Crippen LogP contribution is 2.42. The van der Waals surface area contributed by atoms with Crippen LogP contribution in [-0.2, 0) is 0 Å². The number of rotatable bonds is 5. The van der Waals surface area contributed by atoms with Gasteiger partial charge in [0.2, 0.25) is 0 Å². The van der Waals surface area contributed by atoms with Crippen LogP contribution >= 0.6 is 0 Å². The van der Waals surface area contributed by atoms with Crippen LogP contribution < -0.4 is 0 Å². The molecule has 11 aromatic rings. The molecule has 0 aliphatic heterocycles. The van der Waals surface area contributed by atoms with Gasteiger partial charge in [0.1, 0.15) is 0 Å². The van der Waals surface area contributed by atoms with Crippen LogP contribution in [0.5, 0.6) is 0 Å². The summed E-state index contributed by atoms with van der Waals surface area (Å²) < 4.78 is 2.39. The van der Waals surface area contributed by atoms with Crippen molar-refractivity contribution in [2.45, 2.75) is 0 Å². The quantitative estimate of drug-likeness (QED) is 0.168. The van der Waals surface area contributed by atoms with E-state index in [0.29, 0.717) is 17.5 Å². The molecule has 0 saturated carbocycles. The molecule has 256 valence electrons. The van der Waals surface area contributed by atoms with E-state index in [-0.39, 0.29) is 0 Å². The van der Waals surface area contributed by atoms with Crippen LogP contribution in [0.1, 0.15) is 0 Å². The monoisotopic (exact) mass is 700 g/mol. The van der Waals surface area contributed by atoms with E-state index < -0.39 is 0 Å². The molecule has 0 saturated heterocycles. The van der Waals surface area contributed by atoms with E-state index in [0.717, 1.165) is 49.9 Å². The summed E-state index contributed by atoms with van der Waals surface area (Å²) >= 11 is 0. The molecule has 0 spiro atoms. The van der Waals surface area contributed by atoms with Crippen molar-refractivity contribution in [3.63, 3.8) is 0 Å². The largest absolute Gasteiger partial charge is 0.308 e. The molecule has 4 heteroatoms. The zero-order chi connectivity index (χ0) is 36.3. The lowest BCUT2D eigenvalue weighted by Crippen LogP contribution is -2.04. The van der Waals surface area contributed by atoms with Gasteiger partial charge in [0, 0.05) is 27.5 Å². The molecule has 9 aromatic carbocycles. The molecule has 0 radical (unpaired) electrons. The minimum absolute atomic E-state index is 0.616. The van der Waals surface area contributed by atoms with Crippen LogP contribution in [0.25, 0.3) is 105 Å². The zero-order valence-corrected chi connectivity index (χ0v) is 29.8. The first kappa shape index (κ1) is 31.1. The van der Waals surface area contributed by atoms with Crippen molar-refractivity contribution >= 4 is 54.1 Å². The van der Waals surface area contributed by atoms with Gasteiger partial charge in [-0.05, 0) is 73.8 Å². The standard InChI is InChI=1S/C51H32N4/c1-3-16-33(17-4-1)35-20-15-21-36(30-35)50-52-49(34-18-5-2-6-19-34)53-51(54-50)45-31-43-39-24-9-7-22-37(39)38-23-8-10-25-40(38)44(43)32-48(45)55-46-28-13-11-26-41(46)42-27-12-14-29-47(42)55/h1-32H. The molecule has 0 aliphatic carbocycles. The predicted octanol–water partition coefficient (Wildman–Crippen LogP) is 13.1. The average molecular weight is 701 g/mol. The van der Waals surface area contributed by atoms with Crippen LogP contribution in [-0.4, -0.2) is 19.5 Å². The lowest BCUT2D eigenvalue weighted by molar-refractivity contribution is 1.07. The van der Waals surface area contributed by atoms with E-state index in [1.807, 2.05) is 24.3 Å². The fourth-order valence-corrected chi connectivity index (χ4v) is 8.30. The molecule has 2 heterocycles. The van der Waals surface area contributed by atoms with Crippen LogP contribution in [0.2, 0.25) is 0 Å². The summed E-state index contributed by atoms with van der Waals surface area (Å²) in [6.07, 6.45) is 0. The van der Waals surface area contributed by atoms with Crippen LogP contribution in [0.3, 0.4) is 0 Å². The normalized spacial score (nSPS) is 11.6. The SMILES string of the molecule is c1ccc(-c2cccc(-c3nc(-c4ccccc4)nc(-c4cc5c6ccccc6c6ccccc6c5cc4-n4c5ccccc5c5ccccc54)n3)c2)cc1. The van der Waals surface area contributed by atoms with Crippen molar-refractivity contribution in [1.82, 2.24) is 19.5 Å². The zero-order valence-electron chi connectivity index (χ0n) is 29.8. The molecular formula is C51H32N4. The summed E-state index contributed by atoms with van der Waals surface area (Å²) in [5, 5.41) is 9.60. The Bertz CT molecular complexity index is 3200. The molecule has 0 bridgehead atoms. The maximum Gasteiger partial charge on any atom is 0.166 e. The number of aromatic nitrogens is 4. The van der Waals surface area contributed by atoms with Gasteiger partial charge in [-0.15, -0.1) is 0 Å². The second kappa shape index (κ2) is 12.6. The van der Waals surface area contributed by atoms with Crippen LogP contribution in [0, 0.1) is 0 Å². The van der Waals surface area contributed by atoms with E-state index >= 15 is 0 Å².